The number of amides is 1. The lowest BCUT2D eigenvalue weighted by molar-refractivity contribution is 0.0492. The number of carbonyl (C=O) groups is 1. The van der Waals surface area contributed by atoms with Gasteiger partial charge in [0.25, 0.3) is 0 Å². The number of ether oxygens (including phenoxy) is 1. The van der Waals surface area contributed by atoms with Crippen molar-refractivity contribution in [3.05, 3.63) is 0 Å². The Balaban J connectivity index is 2.34. The van der Waals surface area contributed by atoms with Gasteiger partial charge in [0.2, 0.25) is 0 Å². The number of hydrogen-bond acceptors (Lipinski definition) is 2. The Kier molecular flexibility index (Phi) is 4.56. The van der Waals surface area contributed by atoms with Crippen LogP contribution in [0.25, 0.3) is 0 Å². The highest BCUT2D eigenvalue weighted by molar-refractivity contribution is 6.60. The summed E-state index contributed by atoms with van der Waals surface area (Å²) in [7, 11) is 0. The number of halogens is 3. The molecule has 0 bridgehead atoms. The topological polar surface area (TPSA) is 38.3 Å². The van der Waals surface area contributed by atoms with Crippen molar-refractivity contribution in [2.24, 2.45) is 0 Å². The Labute approximate surface area is 106 Å². The maximum Gasteiger partial charge on any atom is 0.481 e. The number of hydrogen-bond donors (Lipinski definition) is 1. The van der Waals surface area contributed by atoms with Crippen LogP contribution in [0, 0.1) is 0 Å². The number of alkyl carbamates (subject to hydrolysis) is 1. The summed E-state index contributed by atoms with van der Waals surface area (Å²) >= 11 is 0. The Morgan fingerprint density at radius 3 is 2.06 bits per heavy atom. The van der Waals surface area contributed by atoms with E-state index in [1.54, 1.807) is 20.8 Å². The first-order valence-corrected chi connectivity index (χ1v) is 6.27. The summed E-state index contributed by atoms with van der Waals surface area (Å²) in [5, 5.41) is 2.63. The minimum atomic E-state index is -4.74. The number of rotatable bonds is 2. The Bertz CT molecular complexity index is 294. The smallest absolute Gasteiger partial charge is 0.449 e. The van der Waals surface area contributed by atoms with E-state index in [0.29, 0.717) is 12.8 Å². The molecule has 1 rings (SSSR count). The van der Waals surface area contributed by atoms with Crippen LogP contribution in [0.4, 0.5) is 17.7 Å². The predicted molar refractivity (Wildman–Crippen MR) is 64.5 cm³/mol. The lowest BCUT2D eigenvalue weighted by atomic mass is 9.64. The van der Waals surface area contributed by atoms with Gasteiger partial charge < -0.3 is 23.0 Å². The molecule has 0 saturated heterocycles. The first kappa shape index (κ1) is 15.2. The van der Waals surface area contributed by atoms with Gasteiger partial charge in [-0.25, -0.2) is 4.79 Å². The zero-order chi connectivity index (χ0) is 14.0. The molecule has 0 unspecified atom stereocenters. The summed E-state index contributed by atoms with van der Waals surface area (Å²) < 4.78 is 42.6. The van der Waals surface area contributed by atoms with Crippen LogP contribution in [0.2, 0.25) is 5.82 Å². The fraction of sp³-hybridized carbons (Fsp3) is 0.909. The molecule has 1 aliphatic rings. The molecule has 1 amide bonds. The van der Waals surface area contributed by atoms with Crippen LogP contribution < -0.4 is 5.32 Å². The fourth-order valence-corrected chi connectivity index (χ4v) is 2.12. The zero-order valence-corrected chi connectivity index (χ0v) is 11.0. The van der Waals surface area contributed by atoms with Gasteiger partial charge in [-0.05, 0) is 33.6 Å². The molecule has 0 aromatic heterocycles. The summed E-state index contributed by atoms with van der Waals surface area (Å²) in [5.41, 5.74) is -0.587. The molecule has 0 aromatic rings. The van der Waals surface area contributed by atoms with Crippen molar-refractivity contribution < 1.29 is 22.5 Å². The van der Waals surface area contributed by atoms with Gasteiger partial charge in [0, 0.05) is 6.04 Å². The van der Waals surface area contributed by atoms with Crippen LogP contribution in [-0.2, 0) is 4.74 Å². The summed E-state index contributed by atoms with van der Waals surface area (Å²) in [5.74, 6) is -1.17. The summed E-state index contributed by atoms with van der Waals surface area (Å²) in [4.78, 5) is 11.5. The lowest BCUT2D eigenvalue weighted by Crippen LogP contribution is -2.42. The standard InChI is InChI=1S/C11H20BF3NO2/c1-11(2,3)18-10(17)16-9-6-4-8(5-7-9)12(13,14)15/h8-9H,4-7H2,1-3H3,(H,16,17)/q-1. The normalized spacial score (nSPS) is 25.7. The molecule has 0 atom stereocenters. The van der Waals surface area contributed by atoms with Gasteiger partial charge in [-0.2, -0.15) is 0 Å². The van der Waals surface area contributed by atoms with Crippen molar-refractivity contribution in [3.63, 3.8) is 0 Å². The third-order valence-electron chi connectivity index (χ3n) is 3.03. The Morgan fingerprint density at radius 1 is 1.17 bits per heavy atom. The fourth-order valence-electron chi connectivity index (χ4n) is 2.12. The highest BCUT2D eigenvalue weighted by Gasteiger charge is 2.37. The predicted octanol–water partition coefficient (Wildman–Crippen LogP) is 3.67. The second-order valence-corrected chi connectivity index (χ2v) is 5.88. The molecule has 1 aliphatic carbocycles. The van der Waals surface area contributed by atoms with Gasteiger partial charge in [-0.1, -0.05) is 18.7 Å². The summed E-state index contributed by atoms with van der Waals surface area (Å²) in [6.45, 7) is 0.496. The molecule has 1 saturated carbocycles. The van der Waals surface area contributed by atoms with E-state index >= 15 is 0 Å². The van der Waals surface area contributed by atoms with E-state index in [9.17, 15) is 17.7 Å². The van der Waals surface area contributed by atoms with E-state index in [2.05, 4.69) is 5.32 Å². The molecule has 1 fully saturated rings. The number of carbonyl (C=O) groups excluding carboxylic acids is 1. The quantitative estimate of drug-likeness (QED) is 0.774. The van der Waals surface area contributed by atoms with Crippen LogP contribution in [-0.4, -0.2) is 24.7 Å². The minimum Gasteiger partial charge on any atom is -0.449 e. The van der Waals surface area contributed by atoms with Crippen LogP contribution in [0.5, 0.6) is 0 Å². The number of nitrogens with one attached hydrogen (secondary N) is 1. The Hall–Kier alpha value is -0.875. The van der Waals surface area contributed by atoms with Crippen molar-refractivity contribution in [2.75, 3.05) is 0 Å². The highest BCUT2D eigenvalue weighted by atomic mass is 19.4. The van der Waals surface area contributed by atoms with E-state index < -0.39 is 24.5 Å². The van der Waals surface area contributed by atoms with Gasteiger partial charge in [-0.3, -0.25) is 0 Å². The van der Waals surface area contributed by atoms with Crippen molar-refractivity contribution >= 4 is 13.1 Å². The third-order valence-corrected chi connectivity index (χ3v) is 3.03. The largest absolute Gasteiger partial charge is 0.481 e. The molecule has 1 N–H and O–H groups in total. The maximum atomic E-state index is 12.5. The first-order chi connectivity index (χ1) is 8.08. The molecule has 0 spiro atoms. The molecular formula is C11H20BF3NO2-. The molecule has 7 heteroatoms. The van der Waals surface area contributed by atoms with E-state index in [4.69, 9.17) is 4.74 Å². The third kappa shape index (κ3) is 5.18. The summed E-state index contributed by atoms with van der Waals surface area (Å²) in [6, 6.07) is -0.200. The second-order valence-electron chi connectivity index (χ2n) is 5.88. The van der Waals surface area contributed by atoms with E-state index in [1.807, 2.05) is 0 Å². The first-order valence-electron chi connectivity index (χ1n) is 6.27. The average molecular weight is 266 g/mol. The zero-order valence-electron chi connectivity index (χ0n) is 11.0. The van der Waals surface area contributed by atoms with Gasteiger partial charge >= 0.3 is 13.1 Å². The molecule has 106 valence electrons. The minimum absolute atomic E-state index is 0.101. The summed E-state index contributed by atoms with van der Waals surface area (Å²) in [6.07, 6.45) is 0.382. The van der Waals surface area contributed by atoms with Crippen LogP contribution >= 0.6 is 0 Å². The molecule has 0 radical (unpaired) electrons. The van der Waals surface area contributed by atoms with Crippen molar-refractivity contribution in [1.82, 2.24) is 5.32 Å². The van der Waals surface area contributed by atoms with E-state index in [0.717, 1.165) is 0 Å². The average Bonchev–Trinajstić information content (AvgIpc) is 2.13. The van der Waals surface area contributed by atoms with Crippen LogP contribution in [0.1, 0.15) is 46.5 Å². The van der Waals surface area contributed by atoms with Crippen LogP contribution in [0.15, 0.2) is 0 Å². The van der Waals surface area contributed by atoms with Gasteiger partial charge in [-0.15, -0.1) is 0 Å². The maximum absolute atomic E-state index is 12.5. The SMILES string of the molecule is CC(C)(C)OC(=O)NC1CCC([B-](F)(F)F)CC1. The van der Waals surface area contributed by atoms with E-state index in [-0.39, 0.29) is 18.9 Å². The van der Waals surface area contributed by atoms with Gasteiger partial charge in [0.05, 0.1) is 0 Å². The molecule has 0 aliphatic heterocycles. The van der Waals surface area contributed by atoms with Gasteiger partial charge in [0.1, 0.15) is 5.60 Å². The molecular weight excluding hydrogens is 246 g/mol. The van der Waals surface area contributed by atoms with E-state index in [1.165, 1.54) is 0 Å². The molecule has 0 aromatic carbocycles. The molecule has 0 heterocycles. The highest BCUT2D eigenvalue weighted by Crippen LogP contribution is 2.39. The van der Waals surface area contributed by atoms with Crippen LogP contribution in [0.3, 0.4) is 0 Å². The van der Waals surface area contributed by atoms with Crippen molar-refractivity contribution in [3.8, 4) is 0 Å². The van der Waals surface area contributed by atoms with Gasteiger partial charge in [0.15, 0.2) is 0 Å². The lowest BCUT2D eigenvalue weighted by Gasteiger charge is -2.34. The molecule has 3 nitrogen and oxygen atoms in total. The molecule has 18 heavy (non-hydrogen) atoms. The Morgan fingerprint density at radius 2 is 1.67 bits per heavy atom. The van der Waals surface area contributed by atoms with Crippen molar-refractivity contribution in [1.29, 1.82) is 0 Å². The second kappa shape index (κ2) is 5.40. The monoisotopic (exact) mass is 266 g/mol. The van der Waals surface area contributed by atoms with Crippen molar-refractivity contribution in [2.45, 2.75) is 63.9 Å².